The van der Waals surface area contributed by atoms with Crippen LogP contribution in [0.25, 0.3) is 5.69 Å². The average molecular weight is 381 g/mol. The Morgan fingerprint density at radius 1 is 1.20 bits per heavy atom. The second-order valence-electron chi connectivity index (χ2n) is 5.64. The molecule has 0 aliphatic carbocycles. The Bertz CT molecular complexity index is 599. The van der Waals surface area contributed by atoms with Crippen LogP contribution < -0.4 is 5.32 Å². The predicted octanol–water partition coefficient (Wildman–Crippen LogP) is 4.35. The summed E-state index contributed by atoms with van der Waals surface area (Å²) in [5, 5.41) is 8.47. The van der Waals surface area contributed by atoms with Gasteiger partial charge in [-0.25, -0.2) is 4.68 Å². The highest BCUT2D eigenvalue weighted by Crippen LogP contribution is 2.31. The van der Waals surface area contributed by atoms with E-state index >= 15 is 0 Å². The van der Waals surface area contributed by atoms with Gasteiger partial charge in [0.05, 0.1) is 11.4 Å². The predicted molar refractivity (Wildman–Crippen MR) is 91.8 cm³/mol. The number of halogens is 1. The van der Waals surface area contributed by atoms with Gasteiger partial charge in [-0.3, -0.25) is 0 Å². The fourth-order valence-electron chi connectivity index (χ4n) is 2.76. The Kier molecular flexibility index (Phi) is 4.01. The van der Waals surface area contributed by atoms with Crippen molar-refractivity contribution in [2.75, 3.05) is 11.9 Å². The number of hydrogen-bond acceptors (Lipinski definition) is 2. The molecule has 0 bridgehead atoms. The number of anilines is 1. The van der Waals surface area contributed by atoms with Gasteiger partial charge in [0.25, 0.3) is 0 Å². The molecule has 1 aromatic carbocycles. The van der Waals surface area contributed by atoms with E-state index in [0.717, 1.165) is 18.7 Å². The van der Waals surface area contributed by atoms with Crippen molar-refractivity contribution >= 4 is 28.4 Å². The van der Waals surface area contributed by atoms with Crippen molar-refractivity contribution in [3.05, 3.63) is 39.1 Å². The van der Waals surface area contributed by atoms with Crippen LogP contribution >= 0.6 is 22.6 Å². The molecule has 0 saturated carbocycles. The Labute approximate surface area is 133 Å². The number of nitrogens with zero attached hydrogens (tertiary/aromatic N) is 2. The van der Waals surface area contributed by atoms with Gasteiger partial charge in [-0.2, -0.15) is 5.10 Å². The first-order valence-electron chi connectivity index (χ1n) is 7.28. The fourth-order valence-corrected chi connectivity index (χ4v) is 3.12. The van der Waals surface area contributed by atoms with Crippen LogP contribution in [-0.4, -0.2) is 16.3 Å². The minimum atomic E-state index is 0.466. The lowest BCUT2D eigenvalue weighted by atomic mass is 10.0. The van der Waals surface area contributed by atoms with E-state index in [1.54, 1.807) is 0 Å². The zero-order chi connectivity index (χ0) is 14.1. The summed E-state index contributed by atoms with van der Waals surface area (Å²) >= 11 is 2.34. The van der Waals surface area contributed by atoms with Crippen molar-refractivity contribution in [3.63, 3.8) is 0 Å². The van der Waals surface area contributed by atoms with Gasteiger partial charge in [0.15, 0.2) is 0 Å². The molecule has 0 atom stereocenters. The van der Waals surface area contributed by atoms with E-state index in [9.17, 15) is 0 Å². The Hall–Kier alpha value is -1.04. The lowest BCUT2D eigenvalue weighted by molar-refractivity contribution is 0.731. The zero-order valence-electron chi connectivity index (χ0n) is 12.0. The van der Waals surface area contributed by atoms with Crippen LogP contribution in [0, 0.1) is 3.57 Å². The van der Waals surface area contributed by atoms with E-state index in [1.807, 2.05) is 0 Å². The van der Waals surface area contributed by atoms with Crippen molar-refractivity contribution in [2.45, 2.75) is 39.0 Å². The number of fused-ring (bicyclic) bond motifs is 1. The van der Waals surface area contributed by atoms with Gasteiger partial charge in [0.1, 0.15) is 5.82 Å². The van der Waals surface area contributed by atoms with Gasteiger partial charge in [-0.15, -0.1) is 0 Å². The maximum absolute atomic E-state index is 4.88. The van der Waals surface area contributed by atoms with Gasteiger partial charge < -0.3 is 5.32 Å². The number of hydrogen-bond donors (Lipinski definition) is 1. The third-order valence-electron chi connectivity index (χ3n) is 3.78. The van der Waals surface area contributed by atoms with Gasteiger partial charge >= 0.3 is 0 Å². The molecule has 2 heterocycles. The Balaban J connectivity index is 2.13. The van der Waals surface area contributed by atoms with Gasteiger partial charge in [0.2, 0.25) is 0 Å². The van der Waals surface area contributed by atoms with E-state index in [4.69, 9.17) is 5.10 Å². The van der Waals surface area contributed by atoms with E-state index in [-0.39, 0.29) is 0 Å². The highest BCUT2D eigenvalue weighted by atomic mass is 127. The van der Waals surface area contributed by atoms with Crippen molar-refractivity contribution in [3.8, 4) is 5.69 Å². The smallest absolute Gasteiger partial charge is 0.133 e. The summed E-state index contributed by atoms with van der Waals surface area (Å²) in [6, 6.07) is 8.56. The fraction of sp³-hybridized carbons (Fsp3) is 0.438. The first-order chi connectivity index (χ1) is 9.66. The maximum atomic E-state index is 4.88. The third-order valence-corrected chi connectivity index (χ3v) is 4.50. The molecule has 0 unspecified atom stereocenters. The SMILES string of the molecule is CC(C)c1nn(-c2ccc(I)cc2)c2c1CCCCN2. The summed E-state index contributed by atoms with van der Waals surface area (Å²) in [7, 11) is 0. The molecule has 1 aliphatic heterocycles. The molecule has 0 amide bonds. The highest BCUT2D eigenvalue weighted by molar-refractivity contribution is 14.1. The number of aromatic nitrogens is 2. The summed E-state index contributed by atoms with van der Waals surface area (Å²) in [5.74, 6) is 1.67. The zero-order valence-corrected chi connectivity index (χ0v) is 14.1. The molecular weight excluding hydrogens is 361 g/mol. The molecule has 3 nitrogen and oxygen atoms in total. The van der Waals surface area contributed by atoms with Crippen LogP contribution in [0.2, 0.25) is 0 Å². The third kappa shape index (κ3) is 2.57. The first-order valence-corrected chi connectivity index (χ1v) is 8.36. The monoisotopic (exact) mass is 381 g/mol. The molecular formula is C16H20IN3. The van der Waals surface area contributed by atoms with E-state index < -0.39 is 0 Å². The summed E-state index contributed by atoms with van der Waals surface area (Å²) in [6.45, 7) is 5.50. The Morgan fingerprint density at radius 3 is 2.65 bits per heavy atom. The molecule has 2 aromatic rings. The van der Waals surface area contributed by atoms with Gasteiger partial charge in [-0.1, -0.05) is 13.8 Å². The van der Waals surface area contributed by atoms with Crippen LogP contribution in [0.5, 0.6) is 0 Å². The van der Waals surface area contributed by atoms with E-state index in [2.05, 4.69) is 70.7 Å². The van der Waals surface area contributed by atoms with E-state index in [1.165, 1.54) is 33.5 Å². The molecule has 4 heteroatoms. The van der Waals surface area contributed by atoms with E-state index in [0.29, 0.717) is 5.92 Å². The summed E-state index contributed by atoms with van der Waals surface area (Å²) in [6.07, 6.45) is 3.62. The molecule has 0 spiro atoms. The van der Waals surface area contributed by atoms with Crippen LogP contribution in [0.1, 0.15) is 43.9 Å². The number of nitrogens with one attached hydrogen (secondary N) is 1. The topological polar surface area (TPSA) is 29.9 Å². The van der Waals surface area contributed by atoms with Crippen molar-refractivity contribution in [1.82, 2.24) is 9.78 Å². The minimum Gasteiger partial charge on any atom is -0.370 e. The summed E-state index contributed by atoms with van der Waals surface area (Å²) in [4.78, 5) is 0. The molecule has 106 valence electrons. The van der Waals surface area contributed by atoms with Crippen molar-refractivity contribution in [1.29, 1.82) is 0 Å². The number of benzene rings is 1. The molecule has 1 aliphatic rings. The average Bonchev–Trinajstić information content (AvgIpc) is 2.63. The normalized spacial score (nSPS) is 14.8. The summed E-state index contributed by atoms with van der Waals surface area (Å²) in [5.41, 5.74) is 3.80. The molecule has 0 fully saturated rings. The molecule has 20 heavy (non-hydrogen) atoms. The van der Waals surface area contributed by atoms with Crippen LogP contribution in [0.3, 0.4) is 0 Å². The van der Waals surface area contributed by atoms with Crippen LogP contribution in [0.15, 0.2) is 24.3 Å². The van der Waals surface area contributed by atoms with Gasteiger partial charge in [-0.05, 0) is 72.0 Å². The molecule has 3 rings (SSSR count). The first kappa shape index (κ1) is 13.9. The molecule has 0 radical (unpaired) electrons. The minimum absolute atomic E-state index is 0.466. The second-order valence-corrected chi connectivity index (χ2v) is 6.88. The summed E-state index contributed by atoms with van der Waals surface area (Å²) < 4.78 is 3.34. The lowest BCUT2D eigenvalue weighted by Crippen LogP contribution is -2.07. The number of rotatable bonds is 2. The standard InChI is InChI=1S/C16H20IN3/c1-11(2)15-14-5-3-4-10-18-16(14)20(19-15)13-8-6-12(17)7-9-13/h6-9,11,18H,3-5,10H2,1-2H3. The van der Waals surface area contributed by atoms with Gasteiger partial charge in [0, 0.05) is 15.7 Å². The molecule has 0 saturated heterocycles. The van der Waals surface area contributed by atoms with Crippen LogP contribution in [0.4, 0.5) is 5.82 Å². The van der Waals surface area contributed by atoms with Crippen molar-refractivity contribution < 1.29 is 0 Å². The van der Waals surface area contributed by atoms with Crippen LogP contribution in [-0.2, 0) is 6.42 Å². The maximum Gasteiger partial charge on any atom is 0.133 e. The lowest BCUT2D eigenvalue weighted by Gasteiger charge is -2.09. The Morgan fingerprint density at radius 2 is 1.95 bits per heavy atom. The highest BCUT2D eigenvalue weighted by Gasteiger charge is 2.21. The second kappa shape index (κ2) is 5.76. The molecule has 1 N–H and O–H groups in total. The molecule has 1 aromatic heterocycles. The quantitative estimate of drug-likeness (QED) is 0.784. The largest absolute Gasteiger partial charge is 0.370 e. The van der Waals surface area contributed by atoms with Crippen molar-refractivity contribution in [2.24, 2.45) is 0 Å².